The van der Waals surface area contributed by atoms with E-state index in [0.29, 0.717) is 13.0 Å². The molecule has 4 rings (SSSR count). The molecule has 1 aliphatic heterocycles. The molecule has 1 aromatic carbocycles. The van der Waals surface area contributed by atoms with Crippen molar-refractivity contribution >= 4 is 17.4 Å². The van der Waals surface area contributed by atoms with Crippen molar-refractivity contribution in [2.24, 2.45) is 5.41 Å². The SMILES string of the molecule is C=CC[C@H](NC(=O)COC)[C@H](O)CN[C@H]1CC2(CCC2)Oc2c1cc(CC(C)(C)C)nc2Nc1ccccc1. The first kappa shape index (κ1) is 29.1. The first-order valence-corrected chi connectivity index (χ1v) is 14.0. The van der Waals surface area contributed by atoms with Crippen molar-refractivity contribution in [1.29, 1.82) is 0 Å². The molecule has 2 aliphatic rings. The molecule has 2 aromatic rings. The molecule has 4 N–H and O–H groups in total. The highest BCUT2D eigenvalue weighted by Crippen LogP contribution is 2.51. The Morgan fingerprint density at radius 1 is 1.31 bits per heavy atom. The van der Waals surface area contributed by atoms with E-state index in [0.717, 1.165) is 60.6 Å². The number of para-hydroxylation sites is 1. The number of fused-ring (bicyclic) bond motifs is 1. The van der Waals surface area contributed by atoms with Crippen molar-refractivity contribution in [1.82, 2.24) is 15.6 Å². The number of aliphatic hydroxyl groups is 1. The van der Waals surface area contributed by atoms with Gasteiger partial charge in [-0.3, -0.25) is 4.79 Å². The number of benzene rings is 1. The van der Waals surface area contributed by atoms with E-state index in [9.17, 15) is 9.90 Å². The van der Waals surface area contributed by atoms with Crippen molar-refractivity contribution in [3.8, 4) is 5.75 Å². The Morgan fingerprint density at radius 3 is 2.67 bits per heavy atom. The minimum Gasteiger partial charge on any atom is -0.483 e. The molecule has 1 aromatic heterocycles. The third-order valence-electron chi connectivity index (χ3n) is 7.42. The predicted octanol–water partition coefficient (Wildman–Crippen LogP) is 4.82. The maximum Gasteiger partial charge on any atom is 0.246 e. The number of carbonyl (C=O) groups excluding carboxylic acids is 1. The molecule has 1 spiro atoms. The van der Waals surface area contributed by atoms with Crippen molar-refractivity contribution in [2.45, 2.75) is 83.1 Å². The van der Waals surface area contributed by atoms with Gasteiger partial charge in [0.2, 0.25) is 5.91 Å². The van der Waals surface area contributed by atoms with Crippen LogP contribution in [0.1, 0.15) is 70.2 Å². The normalized spacial score (nSPS) is 19.3. The number of amides is 1. The standard InChI is InChI=1S/C31H44N4O4/c1-6-11-24(35-27(37)20-38-5)26(36)19-32-25-18-31(14-10-15-31)39-28-23(25)16-22(17-30(2,3)4)34-29(28)33-21-12-8-7-9-13-21/h6-9,12-13,16,24-26,32,36H,1,10-11,14-15,17-20H2,2-5H3,(H,33,34)(H,35,37)/t24-,25-,26+/m0/s1. The molecule has 0 unspecified atom stereocenters. The minimum atomic E-state index is -0.801. The van der Waals surface area contributed by atoms with E-state index >= 15 is 0 Å². The fraction of sp³-hybridized carbons (Fsp3) is 0.548. The van der Waals surface area contributed by atoms with E-state index in [-0.39, 0.29) is 29.6 Å². The smallest absolute Gasteiger partial charge is 0.246 e. The molecule has 2 heterocycles. The predicted molar refractivity (Wildman–Crippen MR) is 154 cm³/mol. The molecule has 0 saturated heterocycles. The van der Waals surface area contributed by atoms with Crippen LogP contribution in [0, 0.1) is 5.41 Å². The van der Waals surface area contributed by atoms with Gasteiger partial charge in [0.05, 0.1) is 12.1 Å². The topological polar surface area (TPSA) is 105 Å². The van der Waals surface area contributed by atoms with Gasteiger partial charge in [-0.2, -0.15) is 0 Å². The Kier molecular flexibility index (Phi) is 9.31. The van der Waals surface area contributed by atoms with Gasteiger partial charge < -0.3 is 30.5 Å². The number of methoxy groups -OCH3 is 1. The summed E-state index contributed by atoms with van der Waals surface area (Å²) < 4.78 is 11.7. The van der Waals surface area contributed by atoms with Gasteiger partial charge in [0, 0.05) is 43.1 Å². The second kappa shape index (κ2) is 12.5. The third-order valence-corrected chi connectivity index (χ3v) is 7.42. The first-order valence-electron chi connectivity index (χ1n) is 14.0. The van der Waals surface area contributed by atoms with Crippen LogP contribution in [-0.2, 0) is 16.0 Å². The van der Waals surface area contributed by atoms with Crippen LogP contribution in [0.25, 0.3) is 0 Å². The van der Waals surface area contributed by atoms with Crippen molar-refractivity contribution < 1.29 is 19.4 Å². The summed E-state index contributed by atoms with van der Waals surface area (Å²) in [4.78, 5) is 17.2. The van der Waals surface area contributed by atoms with E-state index < -0.39 is 12.1 Å². The Morgan fingerprint density at radius 2 is 2.05 bits per heavy atom. The molecule has 8 nitrogen and oxygen atoms in total. The quantitative estimate of drug-likeness (QED) is 0.288. The molecule has 1 fully saturated rings. The zero-order chi connectivity index (χ0) is 28.0. The van der Waals surface area contributed by atoms with Crippen LogP contribution >= 0.6 is 0 Å². The zero-order valence-corrected chi connectivity index (χ0v) is 23.8. The Balaban J connectivity index is 1.63. The van der Waals surface area contributed by atoms with Gasteiger partial charge in [-0.05, 0) is 55.7 Å². The number of anilines is 2. The number of nitrogens with zero attached hydrogens (tertiary/aromatic N) is 1. The average Bonchev–Trinajstić information content (AvgIpc) is 2.86. The summed E-state index contributed by atoms with van der Waals surface area (Å²) in [5.74, 6) is 1.25. The zero-order valence-electron chi connectivity index (χ0n) is 23.8. The van der Waals surface area contributed by atoms with Crippen LogP contribution in [0.5, 0.6) is 5.75 Å². The maximum atomic E-state index is 12.1. The molecule has 212 valence electrons. The van der Waals surface area contributed by atoms with Gasteiger partial charge in [-0.15, -0.1) is 6.58 Å². The summed E-state index contributed by atoms with van der Waals surface area (Å²) in [5, 5.41) is 21.1. The highest BCUT2D eigenvalue weighted by molar-refractivity contribution is 5.77. The Labute approximate surface area is 232 Å². The molecule has 1 amide bonds. The number of hydrogen-bond acceptors (Lipinski definition) is 7. The number of nitrogens with one attached hydrogen (secondary N) is 3. The fourth-order valence-electron chi connectivity index (χ4n) is 5.43. The van der Waals surface area contributed by atoms with Crippen LogP contribution < -0.4 is 20.7 Å². The highest BCUT2D eigenvalue weighted by Gasteiger charge is 2.47. The van der Waals surface area contributed by atoms with Gasteiger partial charge in [-0.1, -0.05) is 45.0 Å². The lowest BCUT2D eigenvalue weighted by atomic mass is 9.72. The molecule has 39 heavy (non-hydrogen) atoms. The number of carbonyl (C=O) groups is 1. The van der Waals surface area contributed by atoms with Gasteiger partial charge >= 0.3 is 0 Å². The van der Waals surface area contributed by atoms with E-state index in [2.05, 4.69) is 49.4 Å². The second-order valence-corrected chi connectivity index (χ2v) is 12.1. The van der Waals surface area contributed by atoms with Gasteiger partial charge in [0.15, 0.2) is 11.6 Å². The van der Waals surface area contributed by atoms with Crippen LogP contribution in [0.2, 0.25) is 0 Å². The lowest BCUT2D eigenvalue weighted by Gasteiger charge is -2.48. The highest BCUT2D eigenvalue weighted by atomic mass is 16.5. The van der Waals surface area contributed by atoms with Gasteiger partial charge in [0.25, 0.3) is 0 Å². The average molecular weight is 537 g/mol. The molecule has 1 saturated carbocycles. The van der Waals surface area contributed by atoms with Crippen LogP contribution in [-0.4, -0.2) is 54.0 Å². The second-order valence-electron chi connectivity index (χ2n) is 12.1. The number of aromatic nitrogens is 1. The van der Waals surface area contributed by atoms with E-state index in [1.807, 2.05) is 30.3 Å². The molecule has 0 bridgehead atoms. The van der Waals surface area contributed by atoms with Crippen molar-refractivity contribution in [3.05, 3.63) is 60.3 Å². The lowest BCUT2D eigenvalue weighted by molar-refractivity contribution is -0.126. The summed E-state index contributed by atoms with van der Waals surface area (Å²) >= 11 is 0. The number of hydrogen-bond donors (Lipinski definition) is 4. The van der Waals surface area contributed by atoms with Crippen molar-refractivity contribution in [2.75, 3.05) is 25.6 Å². The number of ether oxygens (including phenoxy) is 2. The summed E-state index contributed by atoms with van der Waals surface area (Å²) in [5.41, 5.74) is 2.83. The Hall–Kier alpha value is -2.94. The molecular formula is C31H44N4O4. The fourth-order valence-corrected chi connectivity index (χ4v) is 5.43. The monoisotopic (exact) mass is 536 g/mol. The summed E-state index contributed by atoms with van der Waals surface area (Å²) in [6.07, 6.45) is 6.12. The largest absolute Gasteiger partial charge is 0.483 e. The van der Waals surface area contributed by atoms with E-state index in [4.69, 9.17) is 14.5 Å². The summed E-state index contributed by atoms with van der Waals surface area (Å²) in [6, 6.07) is 11.7. The lowest BCUT2D eigenvalue weighted by Crippen LogP contribution is -2.52. The Bertz CT molecular complexity index is 1130. The number of pyridine rings is 1. The first-order chi connectivity index (χ1) is 18.6. The summed E-state index contributed by atoms with van der Waals surface area (Å²) in [7, 11) is 1.47. The van der Waals surface area contributed by atoms with Crippen LogP contribution in [0.15, 0.2) is 49.1 Å². The minimum absolute atomic E-state index is 0.0270. The van der Waals surface area contributed by atoms with Gasteiger partial charge in [0.1, 0.15) is 12.2 Å². The molecule has 8 heteroatoms. The van der Waals surface area contributed by atoms with E-state index in [1.165, 1.54) is 7.11 Å². The summed E-state index contributed by atoms with van der Waals surface area (Å²) in [6.45, 7) is 10.7. The molecular weight excluding hydrogens is 492 g/mol. The van der Waals surface area contributed by atoms with Crippen LogP contribution in [0.3, 0.4) is 0 Å². The van der Waals surface area contributed by atoms with E-state index in [1.54, 1.807) is 6.08 Å². The van der Waals surface area contributed by atoms with Crippen molar-refractivity contribution in [3.63, 3.8) is 0 Å². The van der Waals surface area contributed by atoms with Crippen LogP contribution in [0.4, 0.5) is 11.5 Å². The molecule has 0 radical (unpaired) electrons. The maximum absolute atomic E-state index is 12.1. The number of rotatable bonds is 12. The molecule has 3 atom stereocenters. The third kappa shape index (κ3) is 7.59. The number of aliphatic hydroxyl groups excluding tert-OH is 1. The van der Waals surface area contributed by atoms with Gasteiger partial charge in [-0.25, -0.2) is 4.98 Å². The molecule has 1 aliphatic carbocycles.